The van der Waals surface area contributed by atoms with E-state index in [0.29, 0.717) is 0 Å². The van der Waals surface area contributed by atoms with Gasteiger partial charge in [-0.1, -0.05) is 6.07 Å². The summed E-state index contributed by atoms with van der Waals surface area (Å²) in [4.78, 5) is 0. The van der Waals surface area contributed by atoms with Crippen LogP contribution < -0.4 is 11.1 Å². The number of hydrogen-bond donors (Lipinski definition) is 3. The Hall–Kier alpha value is -1.22. The molecule has 0 bridgehead atoms. The fraction of sp³-hybridized carbons (Fsp3) is 0.500. The second-order valence-corrected chi connectivity index (χ2v) is 3.79. The van der Waals surface area contributed by atoms with Gasteiger partial charge in [0, 0.05) is 24.5 Å². The van der Waals surface area contributed by atoms with Gasteiger partial charge in [-0.05, 0) is 43.9 Å². The molecule has 0 atom stereocenters. The van der Waals surface area contributed by atoms with Gasteiger partial charge in [0.25, 0.3) is 0 Å². The van der Waals surface area contributed by atoms with Crippen molar-refractivity contribution < 1.29 is 5.11 Å². The topological polar surface area (TPSA) is 58.3 Å². The van der Waals surface area contributed by atoms with Crippen molar-refractivity contribution in [1.82, 2.24) is 0 Å². The highest BCUT2D eigenvalue weighted by Crippen LogP contribution is 2.17. The van der Waals surface area contributed by atoms with E-state index in [-0.39, 0.29) is 6.61 Å². The standard InChI is InChI=1S/C12H20N2O/c1-10-5-6-11(13)9-12(10)14-7-3-2-4-8-15/h5-6,9,14-15H,2-4,7-8,13H2,1H3. The van der Waals surface area contributed by atoms with Crippen LogP contribution in [0, 0.1) is 6.92 Å². The lowest BCUT2D eigenvalue weighted by molar-refractivity contribution is 0.283. The monoisotopic (exact) mass is 208 g/mol. The van der Waals surface area contributed by atoms with Gasteiger partial charge in [0.15, 0.2) is 0 Å². The van der Waals surface area contributed by atoms with E-state index < -0.39 is 0 Å². The van der Waals surface area contributed by atoms with Crippen molar-refractivity contribution in [3.8, 4) is 0 Å². The van der Waals surface area contributed by atoms with Crippen LogP contribution in [-0.4, -0.2) is 18.3 Å². The molecule has 0 unspecified atom stereocenters. The molecule has 4 N–H and O–H groups in total. The van der Waals surface area contributed by atoms with Crippen LogP contribution in [-0.2, 0) is 0 Å². The average Bonchev–Trinajstić information content (AvgIpc) is 2.23. The molecule has 1 aromatic carbocycles. The number of hydrogen-bond acceptors (Lipinski definition) is 3. The molecule has 15 heavy (non-hydrogen) atoms. The third kappa shape index (κ3) is 4.21. The minimum atomic E-state index is 0.289. The van der Waals surface area contributed by atoms with Crippen LogP contribution in [0.15, 0.2) is 18.2 Å². The zero-order valence-corrected chi connectivity index (χ0v) is 9.29. The van der Waals surface area contributed by atoms with Crippen molar-refractivity contribution in [2.75, 3.05) is 24.2 Å². The maximum Gasteiger partial charge on any atom is 0.0431 e. The van der Waals surface area contributed by atoms with Gasteiger partial charge in [0.05, 0.1) is 0 Å². The van der Waals surface area contributed by atoms with Crippen molar-refractivity contribution in [2.45, 2.75) is 26.2 Å². The zero-order chi connectivity index (χ0) is 11.1. The van der Waals surface area contributed by atoms with Crippen molar-refractivity contribution in [2.24, 2.45) is 0 Å². The van der Waals surface area contributed by atoms with E-state index in [4.69, 9.17) is 10.8 Å². The van der Waals surface area contributed by atoms with Gasteiger partial charge < -0.3 is 16.2 Å². The first-order chi connectivity index (χ1) is 7.24. The smallest absolute Gasteiger partial charge is 0.0431 e. The van der Waals surface area contributed by atoms with Gasteiger partial charge >= 0.3 is 0 Å². The number of aliphatic hydroxyl groups excluding tert-OH is 1. The summed E-state index contributed by atoms with van der Waals surface area (Å²) < 4.78 is 0. The largest absolute Gasteiger partial charge is 0.399 e. The van der Waals surface area contributed by atoms with Crippen LogP contribution in [0.3, 0.4) is 0 Å². The predicted octanol–water partition coefficient (Wildman–Crippen LogP) is 2.15. The Labute approximate surface area is 91.3 Å². The second-order valence-electron chi connectivity index (χ2n) is 3.79. The highest BCUT2D eigenvalue weighted by atomic mass is 16.2. The van der Waals surface area contributed by atoms with Crippen LogP contribution in [0.1, 0.15) is 24.8 Å². The Morgan fingerprint density at radius 3 is 2.80 bits per heavy atom. The maximum absolute atomic E-state index is 8.63. The number of unbranched alkanes of at least 4 members (excludes halogenated alkanes) is 2. The first-order valence-corrected chi connectivity index (χ1v) is 5.45. The Morgan fingerprint density at radius 1 is 1.27 bits per heavy atom. The number of aryl methyl sites for hydroxylation is 1. The lowest BCUT2D eigenvalue weighted by Crippen LogP contribution is -2.03. The molecule has 0 amide bonds. The number of rotatable bonds is 6. The molecule has 1 rings (SSSR count). The highest BCUT2D eigenvalue weighted by molar-refractivity contribution is 5.59. The lowest BCUT2D eigenvalue weighted by Gasteiger charge is -2.09. The van der Waals surface area contributed by atoms with Crippen LogP contribution in [0.25, 0.3) is 0 Å². The summed E-state index contributed by atoms with van der Waals surface area (Å²) in [5, 5.41) is 12.0. The van der Waals surface area contributed by atoms with Gasteiger partial charge in [-0.3, -0.25) is 0 Å². The van der Waals surface area contributed by atoms with Gasteiger partial charge in [-0.2, -0.15) is 0 Å². The van der Waals surface area contributed by atoms with E-state index in [0.717, 1.165) is 37.2 Å². The van der Waals surface area contributed by atoms with Crippen LogP contribution >= 0.6 is 0 Å². The van der Waals surface area contributed by atoms with Crippen molar-refractivity contribution in [1.29, 1.82) is 0 Å². The SMILES string of the molecule is Cc1ccc(N)cc1NCCCCCO. The fourth-order valence-corrected chi connectivity index (χ4v) is 1.47. The molecule has 0 saturated heterocycles. The molecule has 0 aliphatic carbocycles. The van der Waals surface area contributed by atoms with E-state index in [1.165, 1.54) is 5.56 Å². The molecule has 0 aliphatic heterocycles. The van der Waals surface area contributed by atoms with E-state index in [9.17, 15) is 0 Å². The molecule has 0 aromatic heterocycles. The van der Waals surface area contributed by atoms with Gasteiger partial charge in [0.1, 0.15) is 0 Å². The molecule has 0 fully saturated rings. The molecule has 0 spiro atoms. The molecule has 84 valence electrons. The Bertz CT molecular complexity index is 300. The molecule has 0 aliphatic rings. The van der Waals surface area contributed by atoms with Crippen LogP contribution in [0.5, 0.6) is 0 Å². The third-order valence-corrected chi connectivity index (χ3v) is 2.41. The first kappa shape index (κ1) is 11.9. The molecule has 0 radical (unpaired) electrons. The summed E-state index contributed by atoms with van der Waals surface area (Å²) in [6, 6.07) is 5.89. The van der Waals surface area contributed by atoms with E-state index in [1.54, 1.807) is 0 Å². The zero-order valence-electron chi connectivity index (χ0n) is 9.29. The summed E-state index contributed by atoms with van der Waals surface area (Å²) in [6.07, 6.45) is 3.03. The van der Waals surface area contributed by atoms with Crippen molar-refractivity contribution in [3.05, 3.63) is 23.8 Å². The minimum absolute atomic E-state index is 0.289. The van der Waals surface area contributed by atoms with Gasteiger partial charge in [-0.25, -0.2) is 0 Å². The Morgan fingerprint density at radius 2 is 2.07 bits per heavy atom. The number of aliphatic hydroxyl groups is 1. The van der Waals surface area contributed by atoms with Crippen molar-refractivity contribution >= 4 is 11.4 Å². The number of nitrogens with one attached hydrogen (secondary N) is 1. The van der Waals surface area contributed by atoms with Crippen LogP contribution in [0.2, 0.25) is 0 Å². The molecule has 1 aromatic rings. The maximum atomic E-state index is 8.63. The fourth-order valence-electron chi connectivity index (χ4n) is 1.47. The molecular weight excluding hydrogens is 188 g/mol. The third-order valence-electron chi connectivity index (χ3n) is 2.41. The number of anilines is 2. The average molecular weight is 208 g/mol. The second kappa shape index (κ2) is 6.30. The molecule has 3 nitrogen and oxygen atoms in total. The summed E-state index contributed by atoms with van der Waals surface area (Å²) in [7, 11) is 0. The molecular formula is C12H20N2O. The van der Waals surface area contributed by atoms with E-state index >= 15 is 0 Å². The molecule has 0 saturated carbocycles. The predicted molar refractivity (Wildman–Crippen MR) is 65.0 cm³/mol. The Kier molecular flexibility index (Phi) is 4.98. The molecule has 3 heteroatoms. The lowest BCUT2D eigenvalue weighted by atomic mass is 10.1. The van der Waals surface area contributed by atoms with Gasteiger partial charge in [-0.15, -0.1) is 0 Å². The van der Waals surface area contributed by atoms with Crippen LogP contribution in [0.4, 0.5) is 11.4 Å². The van der Waals surface area contributed by atoms with Crippen molar-refractivity contribution in [3.63, 3.8) is 0 Å². The number of nitrogens with two attached hydrogens (primary N) is 1. The summed E-state index contributed by atoms with van der Waals surface area (Å²) in [5.41, 5.74) is 8.82. The summed E-state index contributed by atoms with van der Waals surface area (Å²) in [5.74, 6) is 0. The summed E-state index contributed by atoms with van der Waals surface area (Å²) in [6.45, 7) is 3.29. The van der Waals surface area contributed by atoms with E-state index in [1.807, 2.05) is 18.2 Å². The first-order valence-electron chi connectivity index (χ1n) is 5.45. The Balaban J connectivity index is 2.33. The number of nitrogen functional groups attached to an aromatic ring is 1. The van der Waals surface area contributed by atoms with E-state index in [2.05, 4.69) is 12.2 Å². The normalized spacial score (nSPS) is 10.3. The molecule has 0 heterocycles. The summed E-state index contributed by atoms with van der Waals surface area (Å²) >= 11 is 0. The highest BCUT2D eigenvalue weighted by Gasteiger charge is 1.97. The number of benzene rings is 1. The quantitative estimate of drug-likeness (QED) is 0.496. The van der Waals surface area contributed by atoms with Gasteiger partial charge in [0.2, 0.25) is 0 Å². The minimum Gasteiger partial charge on any atom is -0.399 e.